The summed E-state index contributed by atoms with van der Waals surface area (Å²) in [5.74, 6) is 0.633. The molecule has 0 aliphatic carbocycles. The fourth-order valence-corrected chi connectivity index (χ4v) is 14.2. The second-order valence-corrected chi connectivity index (χ2v) is 19.5. The highest BCUT2D eigenvalue weighted by Gasteiger charge is 2.41. The largest absolute Gasteiger partial charge is 0.278 e. The Morgan fingerprint density at radius 2 is 0.742 bits per heavy atom. The third kappa shape index (κ3) is 6.46. The summed E-state index contributed by atoms with van der Waals surface area (Å²) in [6.07, 6.45) is 0. The third-order valence-corrected chi connectivity index (χ3v) is 16.9. The first-order chi connectivity index (χ1) is 30.8. The molecule has 0 atom stereocenters. The van der Waals surface area contributed by atoms with Gasteiger partial charge in [-0.05, 0) is 61.2 Å². The molecule has 0 unspecified atom stereocenters. The highest BCUT2D eigenvalue weighted by molar-refractivity contribution is 7.20. The van der Waals surface area contributed by atoms with Gasteiger partial charge in [-0.25, -0.2) is 9.97 Å². The van der Waals surface area contributed by atoms with Crippen LogP contribution in [0.25, 0.3) is 72.5 Å². The van der Waals surface area contributed by atoms with E-state index in [1.807, 2.05) is 0 Å². The number of aromatic nitrogens is 3. The number of para-hydroxylation sites is 1. The van der Waals surface area contributed by atoms with Crippen LogP contribution in [-0.2, 0) is 0 Å². The SMILES string of the molecule is c1ccc(-c2cccc([Si](c3ccccc3)(c3ccccc3)c3cccc(-c4cc(-c5ccccc5)nc(-n5c6ccccc6c6c(-c7ccccc7)cccc65)n4)c3)c2)cc1. The molecule has 4 heteroatoms. The fraction of sp³-hybridized carbons (Fsp3) is 0. The van der Waals surface area contributed by atoms with Gasteiger partial charge >= 0.3 is 0 Å². The van der Waals surface area contributed by atoms with Gasteiger partial charge in [0.2, 0.25) is 5.95 Å². The third-order valence-electron chi connectivity index (χ3n) is 12.2. The topological polar surface area (TPSA) is 30.7 Å². The summed E-state index contributed by atoms with van der Waals surface area (Å²) in [5.41, 5.74) is 10.7. The van der Waals surface area contributed by atoms with E-state index in [0.717, 1.165) is 33.5 Å². The van der Waals surface area contributed by atoms with Crippen molar-refractivity contribution in [3.8, 4) is 50.7 Å². The van der Waals surface area contributed by atoms with Crippen LogP contribution in [0.5, 0.6) is 0 Å². The molecule has 0 N–H and O–H groups in total. The van der Waals surface area contributed by atoms with E-state index in [1.165, 1.54) is 53.8 Å². The number of hydrogen-bond donors (Lipinski definition) is 0. The van der Waals surface area contributed by atoms with Crippen LogP contribution in [0.3, 0.4) is 0 Å². The molecule has 11 aromatic rings. The van der Waals surface area contributed by atoms with Gasteiger partial charge in [-0.3, -0.25) is 4.57 Å². The van der Waals surface area contributed by atoms with Crippen molar-refractivity contribution >= 4 is 50.6 Å². The summed E-state index contributed by atoms with van der Waals surface area (Å²) in [6.45, 7) is 0. The minimum atomic E-state index is -2.93. The first-order valence-electron chi connectivity index (χ1n) is 21.2. The molecule has 0 bridgehead atoms. The van der Waals surface area contributed by atoms with Crippen LogP contribution in [0, 0.1) is 0 Å². The van der Waals surface area contributed by atoms with Gasteiger partial charge in [0.15, 0.2) is 8.07 Å². The minimum absolute atomic E-state index is 0.633. The van der Waals surface area contributed by atoms with Crippen molar-refractivity contribution in [2.75, 3.05) is 0 Å². The summed E-state index contributed by atoms with van der Waals surface area (Å²) in [6, 6.07) is 89.9. The Morgan fingerprint density at radius 3 is 1.37 bits per heavy atom. The lowest BCUT2D eigenvalue weighted by Gasteiger charge is -2.35. The van der Waals surface area contributed by atoms with E-state index in [-0.39, 0.29) is 0 Å². The molecule has 0 fully saturated rings. The van der Waals surface area contributed by atoms with Crippen LogP contribution >= 0.6 is 0 Å². The molecule has 11 rings (SSSR count). The van der Waals surface area contributed by atoms with Crippen molar-refractivity contribution in [1.82, 2.24) is 14.5 Å². The van der Waals surface area contributed by atoms with Gasteiger partial charge in [-0.2, -0.15) is 0 Å². The normalized spacial score (nSPS) is 11.5. The molecule has 0 radical (unpaired) electrons. The molecule has 3 nitrogen and oxygen atoms in total. The molecule has 2 aromatic heterocycles. The summed E-state index contributed by atoms with van der Waals surface area (Å²) in [7, 11) is -2.93. The lowest BCUT2D eigenvalue weighted by atomic mass is 9.99. The van der Waals surface area contributed by atoms with E-state index in [4.69, 9.17) is 9.97 Å². The minimum Gasteiger partial charge on any atom is -0.278 e. The van der Waals surface area contributed by atoms with Crippen molar-refractivity contribution in [3.63, 3.8) is 0 Å². The predicted molar refractivity (Wildman–Crippen MR) is 262 cm³/mol. The molecular weight excluding hydrogens is 767 g/mol. The van der Waals surface area contributed by atoms with Gasteiger partial charge in [0.25, 0.3) is 0 Å². The molecule has 0 aliphatic heterocycles. The zero-order valence-corrected chi connectivity index (χ0v) is 35.0. The molecule has 0 spiro atoms. The average Bonchev–Trinajstić information content (AvgIpc) is 3.71. The Balaban J connectivity index is 1.17. The Bertz CT molecular complexity index is 3290. The molecule has 2 heterocycles. The van der Waals surface area contributed by atoms with E-state index in [9.17, 15) is 0 Å². The fourth-order valence-electron chi connectivity index (χ4n) is 9.38. The van der Waals surface area contributed by atoms with E-state index < -0.39 is 8.07 Å². The molecule has 292 valence electrons. The first-order valence-corrected chi connectivity index (χ1v) is 23.2. The summed E-state index contributed by atoms with van der Waals surface area (Å²) in [4.78, 5) is 10.9. The number of nitrogens with zero attached hydrogens (tertiary/aromatic N) is 3. The van der Waals surface area contributed by atoms with E-state index in [2.05, 4.69) is 253 Å². The van der Waals surface area contributed by atoms with Crippen LogP contribution in [0.4, 0.5) is 0 Å². The number of rotatable bonds is 9. The molecule has 0 saturated heterocycles. The maximum absolute atomic E-state index is 5.54. The Morgan fingerprint density at radius 1 is 0.306 bits per heavy atom. The van der Waals surface area contributed by atoms with Crippen LogP contribution < -0.4 is 20.7 Å². The maximum Gasteiger partial charge on any atom is 0.235 e. The van der Waals surface area contributed by atoms with Crippen molar-refractivity contribution < 1.29 is 0 Å². The summed E-state index contributed by atoms with van der Waals surface area (Å²) >= 11 is 0. The molecular formula is C58H41N3Si. The quantitative estimate of drug-likeness (QED) is 0.107. The highest BCUT2D eigenvalue weighted by Crippen LogP contribution is 2.38. The van der Waals surface area contributed by atoms with Crippen LogP contribution in [0.15, 0.2) is 249 Å². The molecule has 0 aliphatic rings. The monoisotopic (exact) mass is 807 g/mol. The first kappa shape index (κ1) is 37.1. The molecule has 0 amide bonds. The van der Waals surface area contributed by atoms with Crippen molar-refractivity contribution in [1.29, 1.82) is 0 Å². The summed E-state index contributed by atoms with van der Waals surface area (Å²) < 4.78 is 2.25. The van der Waals surface area contributed by atoms with Gasteiger partial charge in [0, 0.05) is 21.9 Å². The Kier molecular flexibility index (Phi) is 9.53. The second kappa shape index (κ2) is 15.9. The van der Waals surface area contributed by atoms with Gasteiger partial charge in [-0.1, -0.05) is 231 Å². The number of hydrogen-bond acceptors (Lipinski definition) is 2. The molecule has 62 heavy (non-hydrogen) atoms. The van der Waals surface area contributed by atoms with Gasteiger partial charge in [0.05, 0.1) is 22.4 Å². The van der Waals surface area contributed by atoms with Crippen molar-refractivity contribution in [2.24, 2.45) is 0 Å². The Labute approximate surface area is 362 Å². The second-order valence-electron chi connectivity index (χ2n) is 15.7. The van der Waals surface area contributed by atoms with E-state index in [0.29, 0.717) is 5.95 Å². The zero-order valence-electron chi connectivity index (χ0n) is 34.0. The summed E-state index contributed by atoms with van der Waals surface area (Å²) in [5, 5.41) is 7.59. The lowest BCUT2D eigenvalue weighted by molar-refractivity contribution is 0.996. The standard InChI is InChI=1S/C58H41N3Si/c1-6-21-42(22-7-1)45-27-18-33-49(39-45)62(47-29-12-4-13-30-47,48-31-14-5-15-32-48)50-34-19-28-46(40-50)54-41-53(44-25-10-3-11-26-44)59-58(60-54)61-55-37-17-16-35-52(55)57-51(36-20-38-56(57)61)43-23-8-2-9-24-43/h1-41H. The average molecular weight is 808 g/mol. The van der Waals surface area contributed by atoms with E-state index in [1.54, 1.807) is 0 Å². The molecule has 0 saturated carbocycles. The number of fused-ring (bicyclic) bond motifs is 3. The zero-order chi connectivity index (χ0) is 41.3. The van der Waals surface area contributed by atoms with Gasteiger partial charge in [0.1, 0.15) is 0 Å². The van der Waals surface area contributed by atoms with Crippen LogP contribution in [0.2, 0.25) is 0 Å². The van der Waals surface area contributed by atoms with Gasteiger partial charge < -0.3 is 0 Å². The maximum atomic E-state index is 5.54. The highest BCUT2D eigenvalue weighted by atomic mass is 28.3. The number of benzene rings is 9. The predicted octanol–water partition coefficient (Wildman–Crippen LogP) is 11.6. The van der Waals surface area contributed by atoms with Crippen LogP contribution in [-0.4, -0.2) is 22.6 Å². The van der Waals surface area contributed by atoms with Crippen molar-refractivity contribution in [3.05, 3.63) is 249 Å². The lowest BCUT2D eigenvalue weighted by Crippen LogP contribution is -2.74. The van der Waals surface area contributed by atoms with Crippen molar-refractivity contribution in [2.45, 2.75) is 0 Å². The Hall–Kier alpha value is -7.92. The smallest absolute Gasteiger partial charge is 0.235 e. The van der Waals surface area contributed by atoms with Crippen LogP contribution in [0.1, 0.15) is 0 Å². The molecule has 9 aromatic carbocycles. The van der Waals surface area contributed by atoms with E-state index >= 15 is 0 Å². The van der Waals surface area contributed by atoms with Gasteiger partial charge in [-0.15, -0.1) is 0 Å².